The first-order valence-electron chi connectivity index (χ1n) is 10.7. The maximum absolute atomic E-state index is 6.67. The van der Waals surface area contributed by atoms with Crippen LogP contribution in [-0.2, 0) is 6.42 Å². The summed E-state index contributed by atoms with van der Waals surface area (Å²) in [6.07, 6.45) is 4.91. The van der Waals surface area contributed by atoms with E-state index in [9.17, 15) is 0 Å². The first-order valence-corrected chi connectivity index (χ1v) is 12.3. The fourth-order valence-electron chi connectivity index (χ4n) is 5.34. The van der Waals surface area contributed by atoms with Gasteiger partial charge in [0, 0.05) is 23.5 Å². The average Bonchev–Trinajstić information content (AvgIpc) is 3.50. The topological polar surface area (TPSA) is 72.3 Å². The van der Waals surface area contributed by atoms with Gasteiger partial charge in [-0.15, -0.1) is 11.3 Å². The summed E-state index contributed by atoms with van der Waals surface area (Å²) in [5.74, 6) is 0.955. The molecule has 0 bridgehead atoms. The maximum atomic E-state index is 6.67. The Hall–Kier alpha value is -2.19. The van der Waals surface area contributed by atoms with Crippen molar-refractivity contribution in [1.29, 1.82) is 0 Å². The summed E-state index contributed by atoms with van der Waals surface area (Å²) in [5, 5.41) is 5.64. The fraction of sp³-hybridized carbons (Fsp3) is 0.348. The highest BCUT2D eigenvalue weighted by Crippen LogP contribution is 2.51. The van der Waals surface area contributed by atoms with E-state index in [0.717, 1.165) is 66.3 Å². The zero-order valence-corrected chi connectivity index (χ0v) is 19.9. The molecule has 4 aromatic rings. The van der Waals surface area contributed by atoms with Crippen molar-refractivity contribution in [2.45, 2.75) is 32.2 Å². The molecule has 2 N–H and O–H groups in total. The highest BCUT2D eigenvalue weighted by Gasteiger charge is 2.47. The van der Waals surface area contributed by atoms with E-state index in [0.29, 0.717) is 10.0 Å². The third kappa shape index (κ3) is 2.91. The second kappa shape index (κ2) is 7.42. The molecule has 0 radical (unpaired) electrons. The van der Waals surface area contributed by atoms with Gasteiger partial charge >= 0.3 is 0 Å². The van der Waals surface area contributed by atoms with Gasteiger partial charge in [0.2, 0.25) is 0 Å². The van der Waals surface area contributed by atoms with Crippen LogP contribution in [0.1, 0.15) is 35.1 Å². The van der Waals surface area contributed by atoms with Crippen molar-refractivity contribution in [1.82, 2.24) is 19.6 Å². The number of thiazole rings is 1. The molecule has 0 saturated carbocycles. The molecule has 1 atom stereocenters. The van der Waals surface area contributed by atoms with Crippen LogP contribution in [0.5, 0.6) is 0 Å². The Bertz CT molecular complexity index is 1340. The SMILES string of the molecule is Cc1nc(N2CCC3(CC2)Cc2scnc2[C@H]3N)c2ccnn2c1-c1cccc(Cl)c1Cl. The summed E-state index contributed by atoms with van der Waals surface area (Å²) in [6.45, 7) is 3.82. The molecule has 1 aliphatic carbocycles. The van der Waals surface area contributed by atoms with E-state index in [4.69, 9.17) is 33.9 Å². The summed E-state index contributed by atoms with van der Waals surface area (Å²) in [5.41, 5.74) is 13.3. The first-order chi connectivity index (χ1) is 15.5. The molecule has 1 aliphatic heterocycles. The van der Waals surface area contributed by atoms with E-state index in [2.05, 4.69) is 15.0 Å². The summed E-state index contributed by atoms with van der Waals surface area (Å²) in [7, 11) is 0. The van der Waals surface area contributed by atoms with Gasteiger partial charge in [-0.25, -0.2) is 14.5 Å². The highest BCUT2D eigenvalue weighted by molar-refractivity contribution is 7.09. The van der Waals surface area contributed by atoms with E-state index >= 15 is 0 Å². The Morgan fingerprint density at radius 1 is 1.19 bits per heavy atom. The van der Waals surface area contributed by atoms with Crippen LogP contribution in [0, 0.1) is 12.3 Å². The molecule has 1 fully saturated rings. The van der Waals surface area contributed by atoms with Gasteiger partial charge in [0.15, 0.2) is 5.82 Å². The van der Waals surface area contributed by atoms with Crippen molar-refractivity contribution in [3.05, 3.63) is 62.3 Å². The molecular weight excluding hydrogens is 463 g/mol. The summed E-state index contributed by atoms with van der Waals surface area (Å²) >= 11 is 14.6. The molecular formula is C23H22Cl2N6S. The molecule has 3 aromatic heterocycles. The Morgan fingerprint density at radius 3 is 2.78 bits per heavy atom. The van der Waals surface area contributed by atoms with Gasteiger partial charge in [0.1, 0.15) is 5.52 Å². The zero-order chi connectivity index (χ0) is 22.0. The normalized spacial score (nSPS) is 19.8. The molecule has 9 heteroatoms. The fourth-order valence-corrected chi connectivity index (χ4v) is 6.69. The number of nitrogens with zero attached hydrogens (tertiary/aromatic N) is 5. The average molecular weight is 485 g/mol. The molecule has 1 saturated heterocycles. The number of nitrogens with two attached hydrogens (primary N) is 1. The number of benzene rings is 1. The van der Waals surface area contributed by atoms with Crippen molar-refractivity contribution in [3.8, 4) is 11.3 Å². The number of piperidine rings is 1. The Balaban J connectivity index is 1.35. The molecule has 6 nitrogen and oxygen atoms in total. The largest absolute Gasteiger partial charge is 0.355 e. The quantitative estimate of drug-likeness (QED) is 0.417. The first kappa shape index (κ1) is 20.4. The minimum absolute atomic E-state index is 0.0305. The van der Waals surface area contributed by atoms with Crippen molar-refractivity contribution >= 4 is 45.9 Å². The lowest BCUT2D eigenvalue weighted by molar-refractivity contribution is 0.186. The van der Waals surface area contributed by atoms with Crippen LogP contribution >= 0.6 is 34.5 Å². The summed E-state index contributed by atoms with van der Waals surface area (Å²) in [4.78, 5) is 13.3. The van der Waals surface area contributed by atoms with Gasteiger partial charge in [-0.3, -0.25) is 0 Å². The van der Waals surface area contributed by atoms with E-state index in [1.165, 1.54) is 4.88 Å². The Kier molecular flexibility index (Phi) is 4.73. The number of aromatic nitrogens is 4. The molecule has 2 aliphatic rings. The van der Waals surface area contributed by atoms with Crippen molar-refractivity contribution in [3.63, 3.8) is 0 Å². The number of anilines is 1. The number of hydrogen-bond donors (Lipinski definition) is 1. The van der Waals surface area contributed by atoms with Gasteiger partial charge in [0.05, 0.1) is 44.9 Å². The predicted octanol–water partition coefficient (Wildman–Crippen LogP) is 5.31. The van der Waals surface area contributed by atoms with E-state index in [1.54, 1.807) is 17.4 Å². The van der Waals surface area contributed by atoms with Gasteiger partial charge in [-0.05, 0) is 43.7 Å². The van der Waals surface area contributed by atoms with E-state index in [-0.39, 0.29) is 11.5 Å². The molecule has 6 rings (SSSR count). The minimum Gasteiger partial charge on any atom is -0.355 e. The number of fused-ring (bicyclic) bond motifs is 2. The zero-order valence-electron chi connectivity index (χ0n) is 17.6. The Morgan fingerprint density at radius 2 is 2.00 bits per heavy atom. The molecule has 4 heterocycles. The highest BCUT2D eigenvalue weighted by atomic mass is 35.5. The van der Waals surface area contributed by atoms with Crippen LogP contribution in [0.15, 0.2) is 36.0 Å². The van der Waals surface area contributed by atoms with Gasteiger partial charge in [0.25, 0.3) is 0 Å². The van der Waals surface area contributed by atoms with Crippen LogP contribution in [0.2, 0.25) is 10.0 Å². The lowest BCUT2D eigenvalue weighted by Gasteiger charge is -2.42. The van der Waals surface area contributed by atoms with Crippen LogP contribution in [0.3, 0.4) is 0 Å². The molecule has 164 valence electrons. The maximum Gasteiger partial charge on any atom is 0.155 e. The van der Waals surface area contributed by atoms with Crippen molar-refractivity contribution in [2.24, 2.45) is 11.1 Å². The number of halogens is 2. The Labute approximate surface area is 200 Å². The van der Waals surface area contributed by atoms with Crippen LogP contribution in [-0.4, -0.2) is 32.7 Å². The van der Waals surface area contributed by atoms with Crippen LogP contribution in [0.25, 0.3) is 16.8 Å². The van der Waals surface area contributed by atoms with Gasteiger partial charge in [-0.1, -0.05) is 35.3 Å². The molecule has 0 amide bonds. The second-order valence-electron chi connectivity index (χ2n) is 8.76. The van der Waals surface area contributed by atoms with Crippen molar-refractivity contribution < 1.29 is 0 Å². The lowest BCUT2D eigenvalue weighted by atomic mass is 9.73. The minimum atomic E-state index is 0.0305. The third-order valence-corrected chi connectivity index (χ3v) is 8.77. The molecule has 1 spiro atoms. The van der Waals surface area contributed by atoms with E-state index < -0.39 is 0 Å². The second-order valence-corrected chi connectivity index (χ2v) is 10.5. The monoisotopic (exact) mass is 484 g/mol. The van der Waals surface area contributed by atoms with Gasteiger partial charge in [-0.2, -0.15) is 5.10 Å². The lowest BCUT2D eigenvalue weighted by Crippen LogP contribution is -2.45. The summed E-state index contributed by atoms with van der Waals surface area (Å²) in [6, 6.07) is 7.68. The third-order valence-electron chi connectivity index (χ3n) is 7.10. The molecule has 1 aromatic carbocycles. The smallest absolute Gasteiger partial charge is 0.155 e. The van der Waals surface area contributed by atoms with E-state index in [1.807, 2.05) is 41.3 Å². The number of aryl methyl sites for hydroxylation is 1. The number of rotatable bonds is 2. The summed E-state index contributed by atoms with van der Waals surface area (Å²) < 4.78 is 1.93. The van der Waals surface area contributed by atoms with Crippen LogP contribution < -0.4 is 10.6 Å². The van der Waals surface area contributed by atoms with Gasteiger partial charge < -0.3 is 10.6 Å². The van der Waals surface area contributed by atoms with Crippen LogP contribution in [0.4, 0.5) is 5.82 Å². The van der Waals surface area contributed by atoms with Crippen molar-refractivity contribution in [2.75, 3.05) is 18.0 Å². The standard InChI is InChI=1S/C23H22Cl2N6S/c1-13-20(14-3-2-4-15(24)18(14)25)31-16(5-8-28-31)22(29-13)30-9-6-23(7-10-30)11-17-19(21(23)26)27-12-32-17/h2-5,8,12,21H,6-7,9-11,26H2,1H3/t21-/m1/s1. The number of hydrogen-bond acceptors (Lipinski definition) is 6. The molecule has 32 heavy (non-hydrogen) atoms. The predicted molar refractivity (Wildman–Crippen MR) is 130 cm³/mol. The molecule has 0 unspecified atom stereocenters.